The molecule has 1 heterocycles. The summed E-state index contributed by atoms with van der Waals surface area (Å²) in [5, 5.41) is 0. The minimum atomic E-state index is 0.0502. The molecule has 0 saturated heterocycles. The van der Waals surface area contributed by atoms with Crippen LogP contribution in [0.1, 0.15) is 58.4 Å². The number of hydrogen-bond donors (Lipinski definition) is 1. The zero-order valence-corrected chi connectivity index (χ0v) is 11.6. The van der Waals surface area contributed by atoms with Crippen molar-refractivity contribution in [2.75, 3.05) is 5.73 Å². The van der Waals surface area contributed by atoms with Crippen LogP contribution in [0.15, 0.2) is 6.07 Å². The first-order chi connectivity index (χ1) is 7.03. The molecular weight excluding hydrogens is 196 g/mol. The highest BCUT2D eigenvalue weighted by Crippen LogP contribution is 2.32. The summed E-state index contributed by atoms with van der Waals surface area (Å²) in [5.74, 6) is 0.669. The third kappa shape index (κ3) is 2.55. The molecule has 16 heavy (non-hydrogen) atoms. The Morgan fingerprint density at radius 1 is 1.00 bits per heavy atom. The fourth-order valence-corrected chi connectivity index (χ4v) is 1.99. The number of aryl methyl sites for hydroxylation is 1. The maximum Gasteiger partial charge on any atom is 0.127 e. The number of aromatic nitrogens is 1. The van der Waals surface area contributed by atoms with Gasteiger partial charge in [-0.3, -0.25) is 0 Å². The van der Waals surface area contributed by atoms with Gasteiger partial charge in [0.2, 0.25) is 0 Å². The van der Waals surface area contributed by atoms with Crippen molar-refractivity contribution in [1.29, 1.82) is 0 Å². The predicted octanol–water partition coefficient (Wildman–Crippen LogP) is 3.57. The lowest BCUT2D eigenvalue weighted by atomic mass is 9.83. The molecule has 0 aliphatic carbocycles. The number of nitrogens with two attached hydrogens (primary N) is 1. The van der Waals surface area contributed by atoms with Crippen molar-refractivity contribution in [3.05, 3.63) is 22.9 Å². The SMILES string of the molecule is Cc1cc(C(C)(C)C)c(N)nc1C(C)(C)C. The zero-order valence-electron chi connectivity index (χ0n) is 11.6. The van der Waals surface area contributed by atoms with Crippen molar-refractivity contribution in [2.45, 2.75) is 59.3 Å². The van der Waals surface area contributed by atoms with Crippen molar-refractivity contribution >= 4 is 5.82 Å². The fraction of sp³-hybridized carbons (Fsp3) is 0.643. The molecular formula is C14H24N2. The molecule has 0 saturated carbocycles. The lowest BCUT2D eigenvalue weighted by Gasteiger charge is -2.26. The van der Waals surface area contributed by atoms with Crippen LogP contribution in [-0.2, 0) is 10.8 Å². The van der Waals surface area contributed by atoms with E-state index in [2.05, 4.69) is 59.5 Å². The van der Waals surface area contributed by atoms with Crippen molar-refractivity contribution in [3.63, 3.8) is 0 Å². The first kappa shape index (κ1) is 13.0. The minimum absolute atomic E-state index is 0.0502. The first-order valence-electron chi connectivity index (χ1n) is 5.81. The molecule has 0 amide bonds. The summed E-state index contributed by atoms with van der Waals surface area (Å²) in [7, 11) is 0. The van der Waals surface area contributed by atoms with E-state index in [1.165, 1.54) is 5.56 Å². The van der Waals surface area contributed by atoms with E-state index in [-0.39, 0.29) is 10.8 Å². The van der Waals surface area contributed by atoms with E-state index < -0.39 is 0 Å². The Bertz CT molecular complexity index is 353. The molecule has 2 N–H and O–H groups in total. The van der Waals surface area contributed by atoms with Crippen LogP contribution in [-0.4, -0.2) is 4.98 Å². The van der Waals surface area contributed by atoms with Crippen LogP contribution >= 0.6 is 0 Å². The molecule has 0 atom stereocenters. The van der Waals surface area contributed by atoms with Crippen molar-refractivity contribution < 1.29 is 0 Å². The van der Waals surface area contributed by atoms with Gasteiger partial charge in [0.05, 0.1) is 5.69 Å². The van der Waals surface area contributed by atoms with Crippen molar-refractivity contribution in [2.24, 2.45) is 0 Å². The molecule has 1 aromatic heterocycles. The van der Waals surface area contributed by atoms with Gasteiger partial charge >= 0.3 is 0 Å². The van der Waals surface area contributed by atoms with Crippen LogP contribution in [0, 0.1) is 6.92 Å². The van der Waals surface area contributed by atoms with E-state index in [9.17, 15) is 0 Å². The van der Waals surface area contributed by atoms with E-state index in [4.69, 9.17) is 5.73 Å². The molecule has 90 valence electrons. The summed E-state index contributed by atoms with van der Waals surface area (Å²) in [6.07, 6.45) is 0. The molecule has 0 radical (unpaired) electrons. The predicted molar refractivity (Wildman–Crippen MR) is 70.8 cm³/mol. The lowest BCUT2D eigenvalue weighted by Crippen LogP contribution is -2.21. The molecule has 1 rings (SSSR count). The summed E-state index contributed by atoms with van der Waals surface area (Å²) >= 11 is 0. The fourth-order valence-electron chi connectivity index (χ4n) is 1.99. The summed E-state index contributed by atoms with van der Waals surface area (Å²) in [6.45, 7) is 15.1. The van der Waals surface area contributed by atoms with E-state index in [1.54, 1.807) is 0 Å². The Hall–Kier alpha value is -1.05. The number of nitrogen functional groups attached to an aromatic ring is 1. The van der Waals surface area contributed by atoms with Crippen LogP contribution in [0.3, 0.4) is 0 Å². The van der Waals surface area contributed by atoms with Gasteiger partial charge in [-0.25, -0.2) is 4.98 Å². The first-order valence-corrected chi connectivity index (χ1v) is 5.81. The Balaban J connectivity index is 3.40. The maximum atomic E-state index is 6.06. The molecule has 0 spiro atoms. The van der Waals surface area contributed by atoms with Crippen LogP contribution in [0.2, 0.25) is 0 Å². The van der Waals surface area contributed by atoms with E-state index >= 15 is 0 Å². The summed E-state index contributed by atoms with van der Waals surface area (Å²) < 4.78 is 0. The zero-order chi connectivity index (χ0) is 12.7. The van der Waals surface area contributed by atoms with Gasteiger partial charge in [-0.2, -0.15) is 0 Å². The Labute approximate surface area is 99.3 Å². The van der Waals surface area contributed by atoms with Crippen LogP contribution < -0.4 is 5.73 Å². The lowest BCUT2D eigenvalue weighted by molar-refractivity contribution is 0.554. The topological polar surface area (TPSA) is 38.9 Å². The van der Waals surface area contributed by atoms with E-state index in [1.807, 2.05) is 0 Å². The highest BCUT2D eigenvalue weighted by molar-refractivity contribution is 5.48. The van der Waals surface area contributed by atoms with Gasteiger partial charge in [0.15, 0.2) is 0 Å². The van der Waals surface area contributed by atoms with E-state index in [0.29, 0.717) is 5.82 Å². The average Bonchev–Trinajstić information content (AvgIpc) is 2.04. The molecule has 2 heteroatoms. The molecule has 0 aliphatic rings. The average molecular weight is 220 g/mol. The van der Waals surface area contributed by atoms with Gasteiger partial charge in [-0.05, 0) is 23.5 Å². The smallest absolute Gasteiger partial charge is 0.127 e. The molecule has 0 aliphatic heterocycles. The normalized spacial score (nSPS) is 12.9. The second-order valence-electron chi connectivity index (χ2n) is 6.59. The number of hydrogen-bond acceptors (Lipinski definition) is 2. The van der Waals surface area contributed by atoms with Crippen molar-refractivity contribution in [3.8, 4) is 0 Å². The number of anilines is 1. The number of nitrogens with zero attached hydrogens (tertiary/aromatic N) is 1. The Kier molecular flexibility index (Phi) is 3.06. The monoisotopic (exact) mass is 220 g/mol. The Morgan fingerprint density at radius 2 is 1.50 bits per heavy atom. The van der Waals surface area contributed by atoms with E-state index in [0.717, 1.165) is 11.3 Å². The summed E-state index contributed by atoms with van der Waals surface area (Å²) in [5.41, 5.74) is 9.63. The third-order valence-electron chi connectivity index (χ3n) is 2.76. The van der Waals surface area contributed by atoms with Crippen LogP contribution in [0.5, 0.6) is 0 Å². The van der Waals surface area contributed by atoms with Gasteiger partial charge in [-0.1, -0.05) is 47.6 Å². The maximum absolute atomic E-state index is 6.06. The summed E-state index contributed by atoms with van der Waals surface area (Å²) in [4.78, 5) is 4.59. The highest BCUT2D eigenvalue weighted by Gasteiger charge is 2.23. The second-order valence-corrected chi connectivity index (χ2v) is 6.59. The van der Waals surface area contributed by atoms with Crippen LogP contribution in [0.25, 0.3) is 0 Å². The summed E-state index contributed by atoms with van der Waals surface area (Å²) in [6, 6.07) is 2.18. The number of rotatable bonds is 0. The molecule has 0 aromatic carbocycles. The molecule has 2 nitrogen and oxygen atoms in total. The second kappa shape index (κ2) is 3.76. The molecule has 0 bridgehead atoms. The van der Waals surface area contributed by atoms with Gasteiger partial charge in [0.25, 0.3) is 0 Å². The van der Waals surface area contributed by atoms with Gasteiger partial charge < -0.3 is 5.73 Å². The van der Waals surface area contributed by atoms with Gasteiger partial charge in [-0.15, -0.1) is 0 Å². The molecule has 1 aromatic rings. The van der Waals surface area contributed by atoms with Crippen LogP contribution in [0.4, 0.5) is 5.82 Å². The highest BCUT2D eigenvalue weighted by atomic mass is 14.9. The number of pyridine rings is 1. The molecule has 0 fully saturated rings. The third-order valence-corrected chi connectivity index (χ3v) is 2.76. The molecule has 0 unspecified atom stereocenters. The largest absolute Gasteiger partial charge is 0.383 e. The van der Waals surface area contributed by atoms with Gasteiger partial charge in [0.1, 0.15) is 5.82 Å². The minimum Gasteiger partial charge on any atom is -0.383 e. The van der Waals surface area contributed by atoms with Crippen molar-refractivity contribution in [1.82, 2.24) is 4.98 Å². The standard InChI is InChI=1S/C14H24N2/c1-9-8-10(13(2,3)4)12(15)16-11(9)14(5,6)7/h8H,1-7H3,(H2,15,16). The van der Waals surface area contributed by atoms with Gasteiger partial charge in [0, 0.05) is 5.41 Å². The quantitative estimate of drug-likeness (QED) is 0.726. The Morgan fingerprint density at radius 3 is 1.88 bits per heavy atom.